The van der Waals surface area contributed by atoms with E-state index >= 15 is 0 Å². The van der Waals surface area contributed by atoms with E-state index in [-0.39, 0.29) is 5.75 Å². The van der Waals surface area contributed by atoms with Crippen molar-refractivity contribution in [2.24, 2.45) is 0 Å². The number of rotatable bonds is 8. The number of hydrogen-bond acceptors (Lipinski definition) is 4. The van der Waals surface area contributed by atoms with Crippen LogP contribution in [-0.2, 0) is 4.79 Å². The summed E-state index contributed by atoms with van der Waals surface area (Å²) < 4.78 is 0. The van der Waals surface area contributed by atoms with E-state index in [1.54, 1.807) is 26.0 Å². The van der Waals surface area contributed by atoms with E-state index in [1.807, 2.05) is 0 Å². The lowest BCUT2D eigenvalue weighted by molar-refractivity contribution is -0.139. The Morgan fingerprint density at radius 2 is 1.76 bits per heavy atom. The van der Waals surface area contributed by atoms with Crippen LogP contribution in [0.15, 0.2) is 12.1 Å². The fourth-order valence-corrected chi connectivity index (χ4v) is 2.41. The molecule has 0 amide bonds. The van der Waals surface area contributed by atoms with E-state index < -0.39 is 12.0 Å². The first kappa shape index (κ1) is 17.5. The second kappa shape index (κ2) is 8.00. The molecule has 1 unspecified atom stereocenters. The molecule has 0 spiro atoms. The molecule has 1 aromatic carbocycles. The molecule has 1 aromatic rings. The average Bonchev–Trinajstić information content (AvgIpc) is 2.44. The molecule has 21 heavy (non-hydrogen) atoms. The highest BCUT2D eigenvalue weighted by Crippen LogP contribution is 2.26. The molecule has 118 valence electrons. The largest absolute Gasteiger partial charge is 0.507 e. The zero-order valence-corrected chi connectivity index (χ0v) is 13.3. The van der Waals surface area contributed by atoms with Gasteiger partial charge in [-0.3, -0.25) is 10.1 Å². The van der Waals surface area contributed by atoms with Gasteiger partial charge in [-0.2, -0.15) is 0 Å². The van der Waals surface area contributed by atoms with Gasteiger partial charge in [0.15, 0.2) is 0 Å². The highest BCUT2D eigenvalue weighted by Gasteiger charge is 2.20. The van der Waals surface area contributed by atoms with Gasteiger partial charge in [-0.05, 0) is 43.6 Å². The molecular formula is C16H26N2O3. The van der Waals surface area contributed by atoms with E-state index in [0.29, 0.717) is 23.2 Å². The summed E-state index contributed by atoms with van der Waals surface area (Å²) in [7, 11) is 0. The van der Waals surface area contributed by atoms with Crippen LogP contribution in [0.4, 0.5) is 0 Å². The van der Waals surface area contributed by atoms with E-state index in [4.69, 9.17) is 0 Å². The van der Waals surface area contributed by atoms with Crippen LogP contribution in [0.5, 0.6) is 5.75 Å². The highest BCUT2D eigenvalue weighted by atomic mass is 16.4. The van der Waals surface area contributed by atoms with Crippen LogP contribution in [0.3, 0.4) is 0 Å². The minimum Gasteiger partial charge on any atom is -0.507 e. The number of nitrogens with zero attached hydrogens (tertiary/aromatic N) is 1. The van der Waals surface area contributed by atoms with E-state index in [2.05, 4.69) is 24.1 Å². The van der Waals surface area contributed by atoms with Crippen molar-refractivity contribution in [3.8, 4) is 5.75 Å². The van der Waals surface area contributed by atoms with Gasteiger partial charge in [0, 0.05) is 13.1 Å². The van der Waals surface area contributed by atoms with Gasteiger partial charge in [-0.15, -0.1) is 0 Å². The number of nitrogens with one attached hydrogen (secondary N) is 1. The Labute approximate surface area is 126 Å². The summed E-state index contributed by atoms with van der Waals surface area (Å²) in [5.74, 6) is -0.676. The van der Waals surface area contributed by atoms with Crippen LogP contribution >= 0.6 is 0 Å². The number of aryl methyl sites for hydroxylation is 2. The summed E-state index contributed by atoms with van der Waals surface area (Å²) in [5, 5.41) is 22.3. The van der Waals surface area contributed by atoms with Crippen LogP contribution in [0.1, 0.15) is 36.6 Å². The van der Waals surface area contributed by atoms with Crippen LogP contribution in [0, 0.1) is 13.8 Å². The lowest BCUT2D eigenvalue weighted by Gasteiger charge is -2.21. The Kier molecular flexibility index (Phi) is 6.65. The number of phenolic OH excluding ortho intramolecular Hbond substituents is 1. The molecule has 0 aliphatic heterocycles. The first-order valence-corrected chi connectivity index (χ1v) is 7.39. The molecule has 0 aliphatic rings. The number of aromatic hydroxyl groups is 1. The Balaban J connectivity index is 2.81. The predicted molar refractivity (Wildman–Crippen MR) is 83.7 cm³/mol. The number of carbonyl (C=O) groups is 1. The normalized spacial score (nSPS) is 12.6. The van der Waals surface area contributed by atoms with Gasteiger partial charge in [-0.25, -0.2) is 0 Å². The number of likely N-dealkylation sites (N-methyl/N-ethyl adjacent to an activating group) is 1. The molecule has 1 rings (SSSR count). The third-order valence-electron chi connectivity index (χ3n) is 3.76. The molecule has 3 N–H and O–H groups in total. The number of carboxylic acid groups (broad SMARTS) is 1. The van der Waals surface area contributed by atoms with Crippen molar-refractivity contribution in [2.75, 3.05) is 26.2 Å². The van der Waals surface area contributed by atoms with Gasteiger partial charge in [0.2, 0.25) is 0 Å². The predicted octanol–water partition coefficient (Wildman–Crippen LogP) is 2.07. The fourth-order valence-electron chi connectivity index (χ4n) is 2.41. The van der Waals surface area contributed by atoms with Crippen molar-refractivity contribution in [3.05, 3.63) is 28.8 Å². The molecule has 0 heterocycles. The number of hydrogen-bond donors (Lipinski definition) is 3. The molecule has 0 aliphatic carbocycles. The van der Waals surface area contributed by atoms with Gasteiger partial charge in [0.1, 0.15) is 11.8 Å². The summed E-state index contributed by atoms with van der Waals surface area (Å²) >= 11 is 0. The van der Waals surface area contributed by atoms with Gasteiger partial charge in [0.25, 0.3) is 0 Å². The van der Waals surface area contributed by atoms with Crippen molar-refractivity contribution in [1.82, 2.24) is 10.2 Å². The summed E-state index contributed by atoms with van der Waals surface area (Å²) in [6.07, 6.45) is 0. The summed E-state index contributed by atoms with van der Waals surface area (Å²) in [6, 6.07) is 2.70. The molecule has 0 fully saturated rings. The third kappa shape index (κ3) is 4.72. The standard InChI is InChI=1S/C16H26N2O3/c1-5-18(6-2)8-7-17-14(16(20)21)13-9-11(3)15(19)12(4)10-13/h9-10,14,17,19H,5-8H2,1-4H3,(H,20,21). The van der Waals surface area contributed by atoms with Crippen molar-refractivity contribution in [3.63, 3.8) is 0 Å². The monoisotopic (exact) mass is 294 g/mol. The minimum atomic E-state index is -0.904. The van der Waals surface area contributed by atoms with E-state index in [0.717, 1.165) is 19.6 Å². The Bertz CT molecular complexity index is 461. The molecule has 5 nitrogen and oxygen atoms in total. The number of aliphatic carboxylic acids is 1. The lowest BCUT2D eigenvalue weighted by atomic mass is 10.00. The summed E-state index contributed by atoms with van der Waals surface area (Å²) in [4.78, 5) is 13.7. The topological polar surface area (TPSA) is 72.8 Å². The first-order chi connectivity index (χ1) is 9.90. The maximum Gasteiger partial charge on any atom is 0.325 e. The van der Waals surface area contributed by atoms with Crippen LogP contribution in [0.2, 0.25) is 0 Å². The van der Waals surface area contributed by atoms with Gasteiger partial charge >= 0.3 is 5.97 Å². The van der Waals surface area contributed by atoms with Crippen LogP contribution in [0.25, 0.3) is 0 Å². The van der Waals surface area contributed by atoms with Crippen molar-refractivity contribution in [2.45, 2.75) is 33.7 Å². The minimum absolute atomic E-state index is 0.228. The molecule has 0 bridgehead atoms. The number of phenols is 1. The number of benzene rings is 1. The smallest absolute Gasteiger partial charge is 0.325 e. The third-order valence-corrected chi connectivity index (χ3v) is 3.76. The Morgan fingerprint density at radius 3 is 2.19 bits per heavy atom. The quantitative estimate of drug-likeness (QED) is 0.684. The Hall–Kier alpha value is -1.59. The molecule has 0 aromatic heterocycles. The fraction of sp³-hybridized carbons (Fsp3) is 0.562. The Morgan fingerprint density at radius 1 is 1.24 bits per heavy atom. The van der Waals surface area contributed by atoms with Gasteiger partial charge < -0.3 is 15.1 Å². The lowest BCUT2D eigenvalue weighted by Crippen LogP contribution is -2.36. The van der Waals surface area contributed by atoms with Crippen LogP contribution < -0.4 is 5.32 Å². The van der Waals surface area contributed by atoms with Gasteiger partial charge in [0.05, 0.1) is 0 Å². The molecule has 5 heteroatoms. The van der Waals surface area contributed by atoms with Crippen molar-refractivity contribution in [1.29, 1.82) is 0 Å². The molecule has 0 radical (unpaired) electrons. The van der Waals surface area contributed by atoms with E-state index in [9.17, 15) is 15.0 Å². The summed E-state index contributed by atoms with van der Waals surface area (Å²) in [6.45, 7) is 11.1. The maximum atomic E-state index is 11.5. The SMILES string of the molecule is CCN(CC)CCNC(C(=O)O)c1cc(C)c(O)c(C)c1. The van der Waals surface area contributed by atoms with Crippen LogP contribution in [-0.4, -0.2) is 47.3 Å². The zero-order valence-electron chi connectivity index (χ0n) is 13.3. The maximum absolute atomic E-state index is 11.5. The van der Waals surface area contributed by atoms with Crippen molar-refractivity contribution >= 4 is 5.97 Å². The average molecular weight is 294 g/mol. The summed E-state index contributed by atoms with van der Waals surface area (Å²) in [5.41, 5.74) is 2.07. The zero-order chi connectivity index (χ0) is 16.0. The first-order valence-electron chi connectivity index (χ1n) is 7.39. The highest BCUT2D eigenvalue weighted by molar-refractivity contribution is 5.76. The van der Waals surface area contributed by atoms with E-state index in [1.165, 1.54) is 0 Å². The van der Waals surface area contributed by atoms with Gasteiger partial charge in [-0.1, -0.05) is 26.0 Å². The molecule has 0 saturated heterocycles. The molecule has 1 atom stereocenters. The number of carboxylic acids is 1. The second-order valence-corrected chi connectivity index (χ2v) is 5.26. The molecular weight excluding hydrogens is 268 g/mol. The van der Waals surface area contributed by atoms with Crippen molar-refractivity contribution < 1.29 is 15.0 Å². The molecule has 0 saturated carbocycles. The second-order valence-electron chi connectivity index (χ2n) is 5.26.